The molecule has 3 heteroatoms. The van der Waals surface area contributed by atoms with Crippen LogP contribution in [0.5, 0.6) is 0 Å². The van der Waals surface area contributed by atoms with E-state index in [0.717, 1.165) is 38.5 Å². The first-order valence-electron chi connectivity index (χ1n) is 20.2. The van der Waals surface area contributed by atoms with Crippen LogP contribution < -0.4 is 0 Å². The molecule has 0 fully saturated rings. The van der Waals surface area contributed by atoms with Gasteiger partial charge in [-0.05, 0) is 114 Å². The van der Waals surface area contributed by atoms with Crippen LogP contribution in [0.1, 0.15) is 0 Å². The van der Waals surface area contributed by atoms with Gasteiger partial charge in [0.1, 0.15) is 0 Å². The lowest BCUT2D eigenvalue weighted by molar-refractivity contribution is 1.19. The first-order valence-corrected chi connectivity index (χ1v) is 20.2. The fourth-order valence-corrected chi connectivity index (χ4v) is 10.3. The van der Waals surface area contributed by atoms with Gasteiger partial charge in [-0.25, -0.2) is 0 Å². The quantitative estimate of drug-likeness (QED) is 0.168. The molecular formula is C56H33N3. The maximum atomic E-state index is 4.87. The molecule has 9 aromatic carbocycles. The molecule has 0 spiro atoms. The van der Waals surface area contributed by atoms with E-state index in [-0.39, 0.29) is 0 Å². The smallest absolute Gasteiger partial charge is 0.0986 e. The minimum Gasteiger partial charge on any atom is -0.309 e. The van der Waals surface area contributed by atoms with Crippen molar-refractivity contribution >= 4 is 65.2 Å². The van der Waals surface area contributed by atoms with E-state index in [0.29, 0.717) is 0 Å². The summed E-state index contributed by atoms with van der Waals surface area (Å²) in [5, 5.41) is 9.75. The van der Waals surface area contributed by atoms with Crippen molar-refractivity contribution in [2.24, 2.45) is 0 Å². The van der Waals surface area contributed by atoms with Crippen LogP contribution >= 0.6 is 0 Å². The monoisotopic (exact) mass is 747 g/mol. The Labute approximate surface area is 340 Å². The molecule has 0 atom stereocenters. The third-order valence-electron chi connectivity index (χ3n) is 12.6. The molecule has 3 heterocycles. The van der Waals surface area contributed by atoms with Crippen LogP contribution in [-0.4, -0.2) is 14.5 Å². The first-order chi connectivity index (χ1) is 29.3. The normalized spacial score (nSPS) is 12.1. The molecule has 3 nitrogen and oxygen atoms in total. The fraction of sp³-hybridized carbons (Fsp3) is 0. The average Bonchev–Trinajstić information content (AvgIpc) is 3.83. The predicted molar refractivity (Wildman–Crippen MR) is 247 cm³/mol. The number of nitrogens with zero attached hydrogens (tertiary/aromatic N) is 3. The highest BCUT2D eigenvalue weighted by Gasteiger charge is 2.31. The van der Waals surface area contributed by atoms with Gasteiger partial charge in [-0.2, -0.15) is 0 Å². The summed E-state index contributed by atoms with van der Waals surface area (Å²) in [4.78, 5) is 9.70. The lowest BCUT2D eigenvalue weighted by Crippen LogP contribution is -1.96. The zero-order valence-electron chi connectivity index (χ0n) is 31.9. The van der Waals surface area contributed by atoms with Crippen molar-refractivity contribution in [2.75, 3.05) is 0 Å². The fourth-order valence-electron chi connectivity index (χ4n) is 10.3. The van der Waals surface area contributed by atoms with Crippen LogP contribution in [0, 0.1) is 0 Å². The van der Waals surface area contributed by atoms with E-state index in [1.807, 2.05) is 24.5 Å². The summed E-state index contributed by atoms with van der Waals surface area (Å²) < 4.78 is 2.41. The molecule has 272 valence electrons. The Hall–Kier alpha value is -7.88. The number of benzene rings is 9. The van der Waals surface area contributed by atoms with Gasteiger partial charge in [-0.3, -0.25) is 9.97 Å². The van der Waals surface area contributed by atoms with E-state index in [2.05, 4.69) is 180 Å². The van der Waals surface area contributed by atoms with Crippen molar-refractivity contribution in [1.82, 2.24) is 14.5 Å². The topological polar surface area (TPSA) is 30.7 Å². The number of aromatic nitrogens is 3. The standard InChI is InChI=1S/C56H33N3/c1-3-14-35(15-4-1)48-40-18-7-8-19-41(40)49(36-16-5-2-6-17-36)53-44-31-30-38(39-21-11-22-43(50(39)44)52(48)53)34-26-28-37(29-27-34)59-47-25-10-9-20-42(47)51-45-23-12-32-57-54(45)55-46(56(51)59)24-13-33-58-55/h1-33H. The maximum Gasteiger partial charge on any atom is 0.0986 e. The molecule has 0 saturated heterocycles. The van der Waals surface area contributed by atoms with Crippen LogP contribution in [0.4, 0.5) is 0 Å². The molecule has 0 saturated carbocycles. The van der Waals surface area contributed by atoms with Gasteiger partial charge in [0.05, 0.1) is 22.1 Å². The summed E-state index contributed by atoms with van der Waals surface area (Å²) in [7, 11) is 0. The summed E-state index contributed by atoms with van der Waals surface area (Å²) in [6, 6.07) is 68.8. The molecule has 12 aromatic rings. The van der Waals surface area contributed by atoms with Crippen molar-refractivity contribution in [2.45, 2.75) is 0 Å². The van der Waals surface area contributed by atoms with Gasteiger partial charge in [-0.15, -0.1) is 0 Å². The molecule has 0 unspecified atom stereocenters. The Morgan fingerprint density at radius 3 is 1.51 bits per heavy atom. The molecule has 59 heavy (non-hydrogen) atoms. The number of para-hydroxylation sites is 1. The highest BCUT2D eigenvalue weighted by molar-refractivity contribution is 6.31. The van der Waals surface area contributed by atoms with E-state index < -0.39 is 0 Å². The van der Waals surface area contributed by atoms with Crippen LogP contribution in [0.25, 0.3) is 126 Å². The first kappa shape index (κ1) is 32.2. The molecular weight excluding hydrogens is 715 g/mol. The molecule has 1 aliphatic carbocycles. The summed E-state index contributed by atoms with van der Waals surface area (Å²) in [6.07, 6.45) is 3.74. The number of fused-ring (bicyclic) bond motifs is 12. The van der Waals surface area contributed by atoms with Gasteiger partial charge in [0.2, 0.25) is 0 Å². The summed E-state index contributed by atoms with van der Waals surface area (Å²) in [5.74, 6) is 0. The van der Waals surface area contributed by atoms with Gasteiger partial charge in [0, 0.05) is 39.6 Å². The Balaban J connectivity index is 1.04. The van der Waals surface area contributed by atoms with Crippen LogP contribution in [0.15, 0.2) is 200 Å². The van der Waals surface area contributed by atoms with E-state index in [1.165, 1.54) is 88.0 Å². The Bertz CT molecular complexity index is 3600. The highest BCUT2D eigenvalue weighted by atomic mass is 15.0. The van der Waals surface area contributed by atoms with Crippen LogP contribution in [0.2, 0.25) is 0 Å². The van der Waals surface area contributed by atoms with Crippen molar-refractivity contribution in [3.8, 4) is 61.3 Å². The number of hydrogen-bond acceptors (Lipinski definition) is 2. The lowest BCUT2D eigenvalue weighted by atomic mass is 9.82. The average molecular weight is 748 g/mol. The van der Waals surface area contributed by atoms with Crippen LogP contribution in [-0.2, 0) is 0 Å². The van der Waals surface area contributed by atoms with Gasteiger partial charge in [0.25, 0.3) is 0 Å². The number of hydrogen-bond donors (Lipinski definition) is 0. The molecule has 0 amide bonds. The number of pyridine rings is 2. The van der Waals surface area contributed by atoms with E-state index in [9.17, 15) is 0 Å². The summed E-state index contributed by atoms with van der Waals surface area (Å²) in [5.41, 5.74) is 18.0. The van der Waals surface area contributed by atoms with Crippen molar-refractivity contribution in [1.29, 1.82) is 0 Å². The summed E-state index contributed by atoms with van der Waals surface area (Å²) >= 11 is 0. The molecule has 3 aromatic heterocycles. The lowest BCUT2D eigenvalue weighted by Gasteiger charge is -2.20. The van der Waals surface area contributed by atoms with Gasteiger partial charge in [-0.1, -0.05) is 152 Å². The SMILES string of the molecule is c1ccc(-c2c3c(c(-c4ccccc4)c4ccccc24)-c2ccc(-c4ccc(-n5c6ccccc6c6c7cccnc7c7ncccc7c65)cc4)c4cccc-3c24)cc1. The predicted octanol–water partition coefficient (Wildman–Crippen LogP) is 14.8. The molecule has 0 bridgehead atoms. The molecule has 1 aliphatic rings. The Morgan fingerprint density at radius 2 is 0.831 bits per heavy atom. The zero-order valence-corrected chi connectivity index (χ0v) is 31.9. The molecule has 13 rings (SSSR count). The third-order valence-corrected chi connectivity index (χ3v) is 12.6. The summed E-state index contributed by atoms with van der Waals surface area (Å²) in [6.45, 7) is 0. The second kappa shape index (κ2) is 12.3. The minimum absolute atomic E-state index is 0.920. The van der Waals surface area contributed by atoms with Crippen molar-refractivity contribution in [3.05, 3.63) is 200 Å². The van der Waals surface area contributed by atoms with Crippen molar-refractivity contribution < 1.29 is 0 Å². The molecule has 0 aliphatic heterocycles. The van der Waals surface area contributed by atoms with Crippen molar-refractivity contribution in [3.63, 3.8) is 0 Å². The van der Waals surface area contributed by atoms with Crippen LogP contribution in [0.3, 0.4) is 0 Å². The second-order valence-electron chi connectivity index (χ2n) is 15.6. The highest BCUT2D eigenvalue weighted by Crippen LogP contribution is 2.58. The van der Waals surface area contributed by atoms with Gasteiger partial charge in [0.15, 0.2) is 0 Å². The number of rotatable bonds is 4. The Morgan fingerprint density at radius 1 is 0.305 bits per heavy atom. The van der Waals surface area contributed by atoms with E-state index in [4.69, 9.17) is 9.97 Å². The molecule has 0 radical (unpaired) electrons. The third kappa shape index (κ3) is 4.47. The minimum atomic E-state index is 0.920. The largest absolute Gasteiger partial charge is 0.309 e. The maximum absolute atomic E-state index is 4.87. The van der Waals surface area contributed by atoms with E-state index >= 15 is 0 Å². The Kier molecular flexibility index (Phi) is 6.72. The zero-order chi connectivity index (χ0) is 38.6. The van der Waals surface area contributed by atoms with Gasteiger partial charge < -0.3 is 4.57 Å². The second-order valence-corrected chi connectivity index (χ2v) is 15.6. The van der Waals surface area contributed by atoms with Gasteiger partial charge >= 0.3 is 0 Å². The van der Waals surface area contributed by atoms with E-state index in [1.54, 1.807) is 0 Å². The molecule has 0 N–H and O–H groups in total.